The Morgan fingerprint density at radius 1 is 0.889 bits per heavy atom. The fourth-order valence-corrected chi connectivity index (χ4v) is 1.64. The van der Waals surface area contributed by atoms with Gasteiger partial charge in [0.25, 0.3) is 0 Å². The van der Waals surface area contributed by atoms with E-state index in [9.17, 15) is 22.0 Å². The highest BCUT2D eigenvalue weighted by molar-refractivity contribution is 6.30. The lowest BCUT2D eigenvalue weighted by molar-refractivity contribution is 0.383. The van der Waals surface area contributed by atoms with Crippen molar-refractivity contribution in [3.05, 3.63) is 34.2 Å². The predicted octanol–water partition coefficient (Wildman–Crippen LogP) is 3.59. The van der Waals surface area contributed by atoms with Crippen LogP contribution in [0.3, 0.4) is 0 Å². The van der Waals surface area contributed by atoms with E-state index in [-0.39, 0.29) is 0 Å². The Kier molecular flexibility index (Phi) is 3.02. The van der Waals surface area contributed by atoms with Gasteiger partial charge in [0, 0.05) is 0 Å². The second-order valence-electron chi connectivity index (χ2n) is 3.23. The summed E-state index contributed by atoms with van der Waals surface area (Å²) in [5.41, 5.74) is -0.949. The van der Waals surface area contributed by atoms with Gasteiger partial charge in [-0.2, -0.15) is 4.39 Å². The topological polar surface area (TPSA) is 22.1 Å². The molecular formula is C10H3ClF5NO. The molecule has 0 spiro atoms. The van der Waals surface area contributed by atoms with Crippen LogP contribution in [0.5, 0.6) is 5.75 Å². The summed E-state index contributed by atoms with van der Waals surface area (Å²) in [6.45, 7) is 0. The molecule has 0 aliphatic carbocycles. The summed E-state index contributed by atoms with van der Waals surface area (Å²) in [6, 6.07) is 0. The molecule has 0 saturated heterocycles. The maximum atomic E-state index is 13.5. The molecule has 0 radical (unpaired) electrons. The molecule has 2 aromatic rings. The van der Waals surface area contributed by atoms with E-state index in [0.29, 0.717) is 0 Å². The number of hydrogen-bond acceptors (Lipinski definition) is 2. The molecule has 1 aromatic heterocycles. The van der Waals surface area contributed by atoms with Crippen LogP contribution in [0.15, 0.2) is 0 Å². The lowest BCUT2D eigenvalue weighted by Crippen LogP contribution is -2.03. The van der Waals surface area contributed by atoms with Gasteiger partial charge in [0.2, 0.25) is 5.82 Å². The van der Waals surface area contributed by atoms with E-state index in [0.717, 1.165) is 7.11 Å². The number of hydrogen-bond donors (Lipinski definition) is 0. The second kappa shape index (κ2) is 4.24. The van der Waals surface area contributed by atoms with Gasteiger partial charge in [-0.15, -0.1) is 0 Å². The third-order valence-electron chi connectivity index (χ3n) is 2.26. The van der Waals surface area contributed by atoms with E-state index in [1.807, 2.05) is 0 Å². The largest absolute Gasteiger partial charge is 0.493 e. The predicted molar refractivity (Wildman–Crippen MR) is 53.1 cm³/mol. The maximum Gasteiger partial charge on any atom is 0.203 e. The van der Waals surface area contributed by atoms with E-state index < -0.39 is 50.9 Å². The van der Waals surface area contributed by atoms with E-state index >= 15 is 0 Å². The smallest absolute Gasteiger partial charge is 0.203 e. The molecule has 0 N–H and O–H groups in total. The summed E-state index contributed by atoms with van der Waals surface area (Å²) in [4.78, 5) is 3.13. The molecule has 96 valence electrons. The van der Waals surface area contributed by atoms with Gasteiger partial charge in [0.15, 0.2) is 34.2 Å². The Labute approximate surface area is 102 Å². The van der Waals surface area contributed by atoms with E-state index in [4.69, 9.17) is 11.6 Å². The lowest BCUT2D eigenvalue weighted by Gasteiger charge is -2.10. The number of nitrogens with zero attached hydrogens (tertiary/aromatic N) is 1. The third kappa shape index (κ3) is 1.58. The molecule has 0 saturated carbocycles. The van der Waals surface area contributed by atoms with Gasteiger partial charge >= 0.3 is 0 Å². The molecule has 1 aromatic carbocycles. The standard InChI is InChI=1S/C10H3ClF5NO/c1-18-9-2-3(12)4(13)5(14)6(15)8(2)17-10(11)7(9)16/h1H3. The molecule has 1 heterocycles. The van der Waals surface area contributed by atoms with Gasteiger partial charge in [-0.05, 0) is 0 Å². The molecular weight excluding hydrogens is 281 g/mol. The zero-order valence-electron chi connectivity index (χ0n) is 8.62. The van der Waals surface area contributed by atoms with Crippen molar-refractivity contribution >= 4 is 22.5 Å². The summed E-state index contributed by atoms with van der Waals surface area (Å²) in [6.07, 6.45) is 0. The van der Waals surface area contributed by atoms with Crippen LogP contribution in [-0.2, 0) is 0 Å². The molecule has 2 rings (SSSR count). The van der Waals surface area contributed by atoms with E-state index in [1.165, 1.54) is 0 Å². The van der Waals surface area contributed by atoms with Crippen molar-refractivity contribution in [1.82, 2.24) is 4.98 Å². The first kappa shape index (κ1) is 12.8. The van der Waals surface area contributed by atoms with Crippen molar-refractivity contribution in [3.63, 3.8) is 0 Å². The van der Waals surface area contributed by atoms with E-state index in [1.54, 1.807) is 0 Å². The van der Waals surface area contributed by atoms with Crippen molar-refractivity contribution in [1.29, 1.82) is 0 Å². The Bertz CT molecular complexity index is 661. The van der Waals surface area contributed by atoms with Crippen molar-refractivity contribution in [2.24, 2.45) is 0 Å². The van der Waals surface area contributed by atoms with Crippen LogP contribution in [0.2, 0.25) is 5.15 Å². The van der Waals surface area contributed by atoms with E-state index in [2.05, 4.69) is 9.72 Å². The van der Waals surface area contributed by atoms with Gasteiger partial charge in [0.1, 0.15) is 5.52 Å². The average molecular weight is 284 g/mol. The van der Waals surface area contributed by atoms with Crippen LogP contribution in [0, 0.1) is 29.1 Å². The molecule has 0 unspecified atom stereocenters. The first-order chi connectivity index (χ1) is 8.40. The second-order valence-corrected chi connectivity index (χ2v) is 3.59. The van der Waals surface area contributed by atoms with Crippen LogP contribution in [0.1, 0.15) is 0 Å². The van der Waals surface area contributed by atoms with Gasteiger partial charge in [0.05, 0.1) is 12.5 Å². The molecule has 0 bridgehead atoms. The molecule has 0 amide bonds. The normalized spacial score (nSPS) is 11.1. The number of pyridine rings is 1. The summed E-state index contributed by atoms with van der Waals surface area (Å²) < 4.78 is 70.8. The number of ether oxygens (including phenoxy) is 1. The van der Waals surface area contributed by atoms with Gasteiger partial charge in [-0.3, -0.25) is 0 Å². The Balaban J connectivity index is 3.11. The average Bonchev–Trinajstić information content (AvgIpc) is 2.36. The summed E-state index contributed by atoms with van der Waals surface area (Å²) in [5.74, 6) is -9.86. The molecule has 18 heavy (non-hydrogen) atoms. The lowest BCUT2D eigenvalue weighted by atomic mass is 10.1. The number of methoxy groups -OCH3 is 1. The summed E-state index contributed by atoms with van der Waals surface area (Å²) in [5, 5.41) is -1.79. The summed E-state index contributed by atoms with van der Waals surface area (Å²) >= 11 is 5.32. The molecule has 0 fully saturated rings. The van der Waals surface area contributed by atoms with Crippen LogP contribution >= 0.6 is 11.6 Å². The quantitative estimate of drug-likeness (QED) is 0.345. The zero-order valence-corrected chi connectivity index (χ0v) is 9.38. The summed E-state index contributed by atoms with van der Waals surface area (Å²) in [7, 11) is 0.937. The highest BCUT2D eigenvalue weighted by atomic mass is 35.5. The minimum Gasteiger partial charge on any atom is -0.493 e. The van der Waals surface area contributed by atoms with Crippen molar-refractivity contribution < 1.29 is 26.7 Å². The maximum absolute atomic E-state index is 13.5. The minimum atomic E-state index is -2.08. The third-order valence-corrected chi connectivity index (χ3v) is 2.51. The Hall–Kier alpha value is -1.63. The molecule has 0 aliphatic heterocycles. The molecule has 2 nitrogen and oxygen atoms in total. The Morgan fingerprint density at radius 3 is 2.00 bits per heavy atom. The number of halogens is 6. The highest BCUT2D eigenvalue weighted by Gasteiger charge is 2.27. The van der Waals surface area contributed by atoms with Gasteiger partial charge < -0.3 is 4.74 Å². The number of rotatable bonds is 1. The van der Waals surface area contributed by atoms with Crippen LogP contribution in [0.25, 0.3) is 10.9 Å². The molecule has 0 aliphatic rings. The Morgan fingerprint density at radius 2 is 1.44 bits per heavy atom. The van der Waals surface area contributed by atoms with Gasteiger partial charge in [-0.25, -0.2) is 22.5 Å². The van der Waals surface area contributed by atoms with Crippen LogP contribution in [-0.4, -0.2) is 12.1 Å². The molecule has 0 atom stereocenters. The molecule has 8 heteroatoms. The fourth-order valence-electron chi connectivity index (χ4n) is 1.47. The SMILES string of the molecule is COc1c(F)c(Cl)nc2c(F)c(F)c(F)c(F)c12. The fraction of sp³-hybridized carbons (Fsp3) is 0.100. The van der Waals surface area contributed by atoms with Crippen LogP contribution < -0.4 is 4.74 Å². The first-order valence-corrected chi connectivity index (χ1v) is 4.82. The minimum absolute atomic E-state index is 0.844. The van der Waals surface area contributed by atoms with Crippen molar-refractivity contribution in [3.8, 4) is 5.75 Å². The number of fused-ring (bicyclic) bond motifs is 1. The van der Waals surface area contributed by atoms with Crippen LogP contribution in [0.4, 0.5) is 22.0 Å². The zero-order chi connectivity index (χ0) is 13.6. The highest BCUT2D eigenvalue weighted by Crippen LogP contribution is 2.36. The van der Waals surface area contributed by atoms with Crippen molar-refractivity contribution in [2.75, 3.05) is 7.11 Å². The van der Waals surface area contributed by atoms with Crippen molar-refractivity contribution in [2.45, 2.75) is 0 Å². The first-order valence-electron chi connectivity index (χ1n) is 4.44. The number of aromatic nitrogens is 1. The number of benzene rings is 1. The monoisotopic (exact) mass is 283 g/mol. The van der Waals surface area contributed by atoms with Gasteiger partial charge in [-0.1, -0.05) is 11.6 Å².